The summed E-state index contributed by atoms with van der Waals surface area (Å²) in [5.74, 6) is 0.141. The first-order valence-corrected chi connectivity index (χ1v) is 7.09. The maximum atomic E-state index is 12.1. The zero-order valence-corrected chi connectivity index (χ0v) is 12.1. The Morgan fingerprint density at radius 1 is 1.35 bits per heavy atom. The van der Waals surface area contributed by atoms with Gasteiger partial charge in [0.05, 0.1) is 0 Å². The zero-order chi connectivity index (χ0) is 14.5. The van der Waals surface area contributed by atoms with E-state index in [1.54, 1.807) is 12.1 Å². The number of benzene rings is 1. The van der Waals surface area contributed by atoms with Gasteiger partial charge in [0, 0.05) is 18.3 Å². The van der Waals surface area contributed by atoms with Crippen LogP contribution in [-0.2, 0) is 0 Å². The molecule has 1 fully saturated rings. The Labute approximate surface area is 122 Å². The Morgan fingerprint density at radius 2 is 2.05 bits per heavy atom. The molecule has 1 atom stereocenters. The standard InChI is InChI=1S/C14H18F2N2OS/c1-10-4-2-3-9-18(10)14(20)17-11-5-7-12(8-6-11)19-13(15)16/h5-8,10,13H,2-4,9H2,1H3,(H,17,20)/t10-/m1/s1. The number of hydrogen-bond acceptors (Lipinski definition) is 2. The van der Waals surface area contributed by atoms with Crippen molar-refractivity contribution in [2.24, 2.45) is 0 Å². The predicted octanol–water partition coefficient (Wildman–Crippen LogP) is 3.86. The van der Waals surface area contributed by atoms with Gasteiger partial charge in [0.2, 0.25) is 0 Å². The molecule has 1 saturated heterocycles. The van der Waals surface area contributed by atoms with Crippen molar-refractivity contribution in [2.45, 2.75) is 38.8 Å². The van der Waals surface area contributed by atoms with E-state index >= 15 is 0 Å². The van der Waals surface area contributed by atoms with E-state index in [4.69, 9.17) is 12.2 Å². The molecule has 6 heteroatoms. The Morgan fingerprint density at radius 3 is 2.65 bits per heavy atom. The summed E-state index contributed by atoms with van der Waals surface area (Å²) in [5.41, 5.74) is 0.773. The highest BCUT2D eigenvalue weighted by Crippen LogP contribution is 2.20. The molecule has 1 heterocycles. The number of piperidine rings is 1. The fourth-order valence-electron chi connectivity index (χ4n) is 2.31. The van der Waals surface area contributed by atoms with Gasteiger partial charge in [-0.3, -0.25) is 0 Å². The van der Waals surface area contributed by atoms with Crippen LogP contribution in [0, 0.1) is 0 Å². The molecule has 0 saturated carbocycles. The van der Waals surface area contributed by atoms with Crippen LogP contribution in [0.2, 0.25) is 0 Å². The fourth-order valence-corrected chi connectivity index (χ4v) is 2.70. The third-order valence-electron chi connectivity index (χ3n) is 3.39. The van der Waals surface area contributed by atoms with E-state index in [1.165, 1.54) is 18.6 Å². The lowest BCUT2D eigenvalue weighted by molar-refractivity contribution is -0.0498. The van der Waals surface area contributed by atoms with Crippen LogP contribution >= 0.6 is 12.2 Å². The molecule has 1 aromatic rings. The number of thiocarbonyl (C=S) groups is 1. The Balaban J connectivity index is 1.93. The maximum absolute atomic E-state index is 12.1. The minimum Gasteiger partial charge on any atom is -0.435 e. The first-order chi connectivity index (χ1) is 9.56. The van der Waals surface area contributed by atoms with Gasteiger partial charge in [-0.1, -0.05) is 0 Å². The molecule has 0 amide bonds. The molecule has 0 spiro atoms. The molecule has 1 aliphatic heterocycles. The Bertz CT molecular complexity index is 453. The number of nitrogens with one attached hydrogen (secondary N) is 1. The average molecular weight is 300 g/mol. The quantitative estimate of drug-likeness (QED) is 0.857. The summed E-state index contributed by atoms with van der Waals surface area (Å²) >= 11 is 5.40. The van der Waals surface area contributed by atoms with Crippen LogP contribution < -0.4 is 10.1 Å². The van der Waals surface area contributed by atoms with Crippen LogP contribution in [0.3, 0.4) is 0 Å². The van der Waals surface area contributed by atoms with Gasteiger partial charge in [-0.05, 0) is 62.7 Å². The summed E-state index contributed by atoms with van der Waals surface area (Å²) in [4.78, 5) is 2.17. The number of nitrogens with zero attached hydrogens (tertiary/aromatic N) is 1. The van der Waals surface area contributed by atoms with Gasteiger partial charge in [-0.15, -0.1) is 0 Å². The number of alkyl halides is 2. The predicted molar refractivity (Wildman–Crippen MR) is 79.3 cm³/mol. The van der Waals surface area contributed by atoms with E-state index in [9.17, 15) is 8.78 Å². The third-order valence-corrected chi connectivity index (χ3v) is 3.73. The molecule has 1 N–H and O–H groups in total. The molecular weight excluding hydrogens is 282 g/mol. The number of rotatable bonds is 3. The normalized spacial score (nSPS) is 19.0. The fraction of sp³-hybridized carbons (Fsp3) is 0.500. The van der Waals surface area contributed by atoms with Gasteiger partial charge in [0.1, 0.15) is 5.75 Å². The lowest BCUT2D eigenvalue weighted by Crippen LogP contribution is -2.44. The SMILES string of the molecule is C[C@@H]1CCCCN1C(=S)Nc1ccc(OC(F)F)cc1. The van der Waals surface area contributed by atoms with E-state index in [-0.39, 0.29) is 5.75 Å². The molecule has 3 nitrogen and oxygen atoms in total. The van der Waals surface area contributed by atoms with Crippen LogP contribution in [-0.4, -0.2) is 29.2 Å². The number of halogens is 2. The van der Waals surface area contributed by atoms with Gasteiger partial charge in [0.15, 0.2) is 5.11 Å². The van der Waals surface area contributed by atoms with Gasteiger partial charge < -0.3 is 15.0 Å². The number of likely N-dealkylation sites (tertiary alicyclic amines) is 1. The van der Waals surface area contributed by atoms with Crippen LogP contribution in [0.15, 0.2) is 24.3 Å². The molecule has 0 bridgehead atoms. The molecule has 2 rings (SSSR count). The monoisotopic (exact) mass is 300 g/mol. The van der Waals surface area contributed by atoms with Crippen LogP contribution in [0.4, 0.5) is 14.5 Å². The van der Waals surface area contributed by atoms with Crippen molar-refractivity contribution in [3.05, 3.63) is 24.3 Å². The number of anilines is 1. The Hall–Kier alpha value is -1.43. The van der Waals surface area contributed by atoms with Crippen molar-refractivity contribution < 1.29 is 13.5 Å². The summed E-state index contributed by atoms with van der Waals surface area (Å²) in [6, 6.07) is 6.79. The van der Waals surface area contributed by atoms with Crippen LogP contribution in [0.5, 0.6) is 5.75 Å². The second-order valence-electron chi connectivity index (χ2n) is 4.87. The molecule has 20 heavy (non-hydrogen) atoms. The lowest BCUT2D eigenvalue weighted by Gasteiger charge is -2.35. The Kier molecular flexibility index (Phi) is 5.11. The van der Waals surface area contributed by atoms with E-state index in [0.717, 1.165) is 25.1 Å². The molecule has 110 valence electrons. The van der Waals surface area contributed by atoms with Gasteiger partial charge in [0.25, 0.3) is 0 Å². The molecule has 1 aromatic carbocycles. The molecular formula is C14H18F2N2OS. The first kappa shape index (κ1) is 15.0. The summed E-state index contributed by atoms with van der Waals surface area (Å²) in [5, 5.41) is 3.82. The summed E-state index contributed by atoms with van der Waals surface area (Å²) in [6.45, 7) is 0.316. The molecule has 0 aromatic heterocycles. The van der Waals surface area contributed by atoms with Crippen molar-refractivity contribution in [2.75, 3.05) is 11.9 Å². The topological polar surface area (TPSA) is 24.5 Å². The number of hydrogen-bond donors (Lipinski definition) is 1. The largest absolute Gasteiger partial charge is 0.435 e. The molecule has 0 radical (unpaired) electrons. The minimum atomic E-state index is -2.80. The maximum Gasteiger partial charge on any atom is 0.387 e. The second kappa shape index (κ2) is 6.83. The van der Waals surface area contributed by atoms with Crippen molar-refractivity contribution in [1.29, 1.82) is 0 Å². The lowest BCUT2D eigenvalue weighted by atomic mass is 10.0. The third kappa shape index (κ3) is 4.03. The van der Waals surface area contributed by atoms with E-state index in [2.05, 4.69) is 21.9 Å². The minimum absolute atomic E-state index is 0.141. The van der Waals surface area contributed by atoms with Crippen molar-refractivity contribution in [3.8, 4) is 5.75 Å². The molecule has 1 aliphatic rings. The number of ether oxygens (including phenoxy) is 1. The highest BCUT2D eigenvalue weighted by atomic mass is 32.1. The second-order valence-corrected chi connectivity index (χ2v) is 5.26. The zero-order valence-electron chi connectivity index (χ0n) is 11.3. The summed E-state index contributed by atoms with van der Waals surface area (Å²) in [7, 11) is 0. The van der Waals surface area contributed by atoms with Crippen molar-refractivity contribution >= 4 is 23.0 Å². The smallest absolute Gasteiger partial charge is 0.387 e. The van der Waals surface area contributed by atoms with Crippen LogP contribution in [0.1, 0.15) is 26.2 Å². The van der Waals surface area contributed by atoms with Gasteiger partial charge in [-0.25, -0.2) is 0 Å². The molecule has 0 unspecified atom stereocenters. The highest BCUT2D eigenvalue weighted by molar-refractivity contribution is 7.80. The summed E-state index contributed by atoms with van der Waals surface area (Å²) < 4.78 is 28.4. The van der Waals surface area contributed by atoms with Crippen molar-refractivity contribution in [3.63, 3.8) is 0 Å². The highest BCUT2D eigenvalue weighted by Gasteiger charge is 2.20. The average Bonchev–Trinajstić information content (AvgIpc) is 2.41. The van der Waals surface area contributed by atoms with Crippen LogP contribution in [0.25, 0.3) is 0 Å². The van der Waals surface area contributed by atoms with E-state index in [0.29, 0.717) is 11.2 Å². The van der Waals surface area contributed by atoms with Gasteiger partial charge in [-0.2, -0.15) is 8.78 Å². The van der Waals surface area contributed by atoms with Crippen molar-refractivity contribution in [1.82, 2.24) is 4.90 Å². The first-order valence-electron chi connectivity index (χ1n) is 6.69. The van der Waals surface area contributed by atoms with Gasteiger partial charge >= 0.3 is 6.61 Å². The van der Waals surface area contributed by atoms with E-state index < -0.39 is 6.61 Å². The molecule has 0 aliphatic carbocycles. The van der Waals surface area contributed by atoms with E-state index in [1.807, 2.05) is 0 Å². The summed E-state index contributed by atoms with van der Waals surface area (Å²) in [6.07, 6.45) is 3.52.